The fraction of sp³-hybridized carbons (Fsp3) is 0.500. The summed E-state index contributed by atoms with van der Waals surface area (Å²) in [7, 11) is 0. The van der Waals surface area contributed by atoms with Crippen LogP contribution >= 0.6 is 11.6 Å². The number of carbonyl (C=O) groups is 3. The molecular formula is C34H40ClN3O4. The highest BCUT2D eigenvalue weighted by Crippen LogP contribution is 2.56. The number of carbonyl (C=O) groups excluding carboxylic acids is 3. The maximum Gasteiger partial charge on any atom is 0.246 e. The van der Waals surface area contributed by atoms with E-state index in [-0.39, 0.29) is 29.8 Å². The molecule has 2 saturated heterocycles. The van der Waals surface area contributed by atoms with Crippen LogP contribution in [0.4, 0.5) is 5.69 Å². The number of nitrogens with zero attached hydrogens (tertiary/aromatic N) is 1. The van der Waals surface area contributed by atoms with Crippen LogP contribution in [0.3, 0.4) is 0 Å². The van der Waals surface area contributed by atoms with Gasteiger partial charge in [0.2, 0.25) is 17.7 Å². The fourth-order valence-corrected chi connectivity index (χ4v) is 7.77. The van der Waals surface area contributed by atoms with Gasteiger partial charge in [0, 0.05) is 22.8 Å². The van der Waals surface area contributed by atoms with Gasteiger partial charge in [-0.05, 0) is 67.9 Å². The number of ether oxygens (including phenoxy) is 1. The molecular weight excluding hydrogens is 550 g/mol. The lowest BCUT2D eigenvalue weighted by Gasteiger charge is -2.39. The van der Waals surface area contributed by atoms with E-state index in [0.717, 1.165) is 25.7 Å². The van der Waals surface area contributed by atoms with Gasteiger partial charge in [0.1, 0.15) is 11.6 Å². The Bertz CT molecular complexity index is 1360. The number of hydrogen-bond donors (Lipinski definition) is 2. The minimum atomic E-state index is -1.18. The Labute approximate surface area is 253 Å². The van der Waals surface area contributed by atoms with Gasteiger partial charge in [-0.2, -0.15) is 0 Å². The predicted molar refractivity (Wildman–Crippen MR) is 163 cm³/mol. The second-order valence-electron chi connectivity index (χ2n) is 12.7. The van der Waals surface area contributed by atoms with Crippen LogP contribution in [0.25, 0.3) is 0 Å². The summed E-state index contributed by atoms with van der Waals surface area (Å²) in [5, 5.41) is 6.86. The average Bonchev–Trinajstić information content (AvgIpc) is 3.63. The summed E-state index contributed by atoms with van der Waals surface area (Å²) in [6.07, 6.45) is 7.77. The Balaban J connectivity index is 1.30. The van der Waals surface area contributed by atoms with Crippen LogP contribution in [-0.4, -0.2) is 52.5 Å². The van der Waals surface area contributed by atoms with Gasteiger partial charge in [-0.3, -0.25) is 14.4 Å². The summed E-state index contributed by atoms with van der Waals surface area (Å²) < 4.78 is 6.54. The second-order valence-corrected chi connectivity index (χ2v) is 13.1. The van der Waals surface area contributed by atoms with Crippen LogP contribution in [0.1, 0.15) is 52.0 Å². The van der Waals surface area contributed by atoms with Crippen molar-refractivity contribution in [2.75, 3.05) is 5.32 Å². The molecule has 3 amide bonds. The van der Waals surface area contributed by atoms with E-state index in [9.17, 15) is 14.4 Å². The Morgan fingerprint density at radius 3 is 2.55 bits per heavy atom. The smallest absolute Gasteiger partial charge is 0.246 e. The van der Waals surface area contributed by atoms with Crippen LogP contribution in [0.5, 0.6) is 0 Å². The maximum atomic E-state index is 14.4. The molecule has 7 nitrogen and oxygen atoms in total. The molecule has 3 aliphatic heterocycles. The number of amides is 3. The molecule has 2 bridgehead atoms. The Morgan fingerprint density at radius 1 is 1.07 bits per heavy atom. The number of fused-ring (bicyclic) bond motifs is 1. The molecule has 0 unspecified atom stereocenters. The van der Waals surface area contributed by atoms with Gasteiger partial charge in [0.25, 0.3) is 0 Å². The molecule has 9 atom stereocenters. The summed E-state index contributed by atoms with van der Waals surface area (Å²) in [6.45, 7) is 6.44. The molecule has 42 heavy (non-hydrogen) atoms. The van der Waals surface area contributed by atoms with Crippen molar-refractivity contribution < 1.29 is 19.1 Å². The van der Waals surface area contributed by atoms with Crippen molar-refractivity contribution in [3.05, 3.63) is 77.3 Å². The Morgan fingerprint density at radius 2 is 1.81 bits per heavy atom. The van der Waals surface area contributed by atoms with Gasteiger partial charge in [-0.15, -0.1) is 0 Å². The highest BCUT2D eigenvalue weighted by Gasteiger charge is 2.73. The Hall–Kier alpha value is -3.16. The molecule has 8 heteroatoms. The highest BCUT2D eigenvalue weighted by molar-refractivity contribution is 6.30. The minimum Gasteiger partial charge on any atom is -0.359 e. The van der Waals surface area contributed by atoms with Crippen molar-refractivity contribution in [1.82, 2.24) is 10.2 Å². The van der Waals surface area contributed by atoms with Gasteiger partial charge >= 0.3 is 0 Å². The number of benzene rings is 2. The van der Waals surface area contributed by atoms with Gasteiger partial charge < -0.3 is 20.3 Å². The Kier molecular flexibility index (Phi) is 7.92. The monoisotopic (exact) mass is 589 g/mol. The van der Waals surface area contributed by atoms with E-state index in [1.165, 1.54) is 5.56 Å². The molecule has 1 aliphatic carbocycles. The zero-order valence-corrected chi connectivity index (χ0v) is 25.2. The molecule has 3 fully saturated rings. The summed E-state index contributed by atoms with van der Waals surface area (Å²) in [4.78, 5) is 44.1. The van der Waals surface area contributed by atoms with Crippen LogP contribution in [0.2, 0.25) is 5.02 Å². The SMILES string of the molecule is C[C@@H]1[C@H](C)CCC[C@@H]1NC(=O)[C@@H]1N([C@H](C)CCc2ccccc2)C(=O)[C@@H]2[C@@H](C(=O)Nc3ccc(Cl)cc3)[C@@H]3C=C[C@]21O3. The molecule has 1 spiro atoms. The maximum absolute atomic E-state index is 14.4. The molecule has 4 aliphatic rings. The van der Waals surface area contributed by atoms with Crippen LogP contribution < -0.4 is 10.6 Å². The first-order valence-corrected chi connectivity index (χ1v) is 15.7. The van der Waals surface area contributed by atoms with E-state index in [2.05, 4.69) is 36.6 Å². The van der Waals surface area contributed by atoms with Crippen molar-refractivity contribution in [1.29, 1.82) is 0 Å². The van der Waals surface area contributed by atoms with E-state index in [4.69, 9.17) is 16.3 Å². The van der Waals surface area contributed by atoms with Crippen molar-refractivity contribution in [2.45, 2.75) is 82.7 Å². The largest absolute Gasteiger partial charge is 0.359 e. The molecule has 2 aromatic carbocycles. The number of anilines is 1. The standard InChI is InChI=1S/C34H40ClN3O4/c1-20-8-7-11-26(22(20)3)37-32(40)30-34-19-18-27(42-34)28(31(39)36-25-16-14-24(35)15-17-25)29(34)33(41)38(30)21(2)12-13-23-9-5-4-6-10-23/h4-6,9-10,14-22,26-30H,7-8,11-13H2,1-3H3,(H,36,39)(H,37,40)/t20-,21-,22-,26+,27+,28+,29+,30+,34+/m1/s1. The zero-order chi connectivity index (χ0) is 29.6. The topological polar surface area (TPSA) is 87.7 Å². The fourth-order valence-electron chi connectivity index (χ4n) is 7.65. The molecule has 6 rings (SSSR count). The van der Waals surface area contributed by atoms with Crippen molar-refractivity contribution in [3.8, 4) is 0 Å². The second kappa shape index (κ2) is 11.5. The molecule has 2 N–H and O–H groups in total. The number of hydrogen-bond acceptors (Lipinski definition) is 4. The summed E-state index contributed by atoms with van der Waals surface area (Å²) >= 11 is 6.03. The van der Waals surface area contributed by atoms with Crippen LogP contribution in [0, 0.1) is 23.7 Å². The summed E-state index contributed by atoms with van der Waals surface area (Å²) in [5.41, 5.74) is 0.592. The third-order valence-corrected chi connectivity index (χ3v) is 10.4. The quantitative estimate of drug-likeness (QED) is 0.404. The molecule has 0 aromatic heterocycles. The van der Waals surface area contributed by atoms with Gasteiger partial charge in [0.15, 0.2) is 0 Å². The summed E-state index contributed by atoms with van der Waals surface area (Å²) in [6, 6.07) is 16.0. The molecule has 3 heterocycles. The summed E-state index contributed by atoms with van der Waals surface area (Å²) in [5.74, 6) is -1.34. The van der Waals surface area contributed by atoms with Crippen molar-refractivity contribution in [3.63, 3.8) is 0 Å². The number of likely N-dealkylation sites (tertiary alicyclic amines) is 1. The highest BCUT2D eigenvalue weighted by atomic mass is 35.5. The van der Waals surface area contributed by atoms with E-state index in [0.29, 0.717) is 29.0 Å². The lowest BCUT2D eigenvalue weighted by molar-refractivity contribution is -0.144. The molecule has 222 valence electrons. The average molecular weight is 590 g/mol. The number of nitrogens with one attached hydrogen (secondary N) is 2. The molecule has 2 aromatic rings. The zero-order valence-electron chi connectivity index (χ0n) is 24.5. The van der Waals surface area contributed by atoms with E-state index in [1.54, 1.807) is 29.2 Å². The van der Waals surface area contributed by atoms with Crippen LogP contribution in [0.15, 0.2) is 66.7 Å². The first-order valence-electron chi connectivity index (χ1n) is 15.3. The third-order valence-electron chi connectivity index (χ3n) is 10.2. The van der Waals surface area contributed by atoms with Gasteiger partial charge in [-0.1, -0.05) is 80.8 Å². The first-order chi connectivity index (χ1) is 20.2. The van der Waals surface area contributed by atoms with E-state index < -0.39 is 29.6 Å². The first kappa shape index (κ1) is 28.9. The molecule has 1 saturated carbocycles. The van der Waals surface area contributed by atoms with Gasteiger partial charge in [-0.25, -0.2) is 0 Å². The van der Waals surface area contributed by atoms with Gasteiger partial charge in [0.05, 0.1) is 17.9 Å². The minimum absolute atomic E-state index is 0.0415. The molecule has 0 radical (unpaired) electrons. The van der Waals surface area contributed by atoms with Crippen molar-refractivity contribution in [2.24, 2.45) is 23.7 Å². The van der Waals surface area contributed by atoms with E-state index >= 15 is 0 Å². The number of halogens is 1. The van der Waals surface area contributed by atoms with E-state index in [1.807, 2.05) is 37.3 Å². The number of rotatable bonds is 8. The van der Waals surface area contributed by atoms with Crippen molar-refractivity contribution >= 4 is 35.0 Å². The predicted octanol–water partition coefficient (Wildman–Crippen LogP) is 5.39. The lowest BCUT2D eigenvalue weighted by atomic mass is 9.73. The normalized spacial score (nSPS) is 33.9. The van der Waals surface area contributed by atoms with Crippen LogP contribution in [-0.2, 0) is 25.5 Å². The number of aryl methyl sites for hydroxylation is 1. The third kappa shape index (κ3) is 5.05. The lowest BCUT2D eigenvalue weighted by Crippen LogP contribution is -2.59.